The molecule has 0 amide bonds. The number of aromatic nitrogens is 3. The highest BCUT2D eigenvalue weighted by atomic mass is 32.1. The predicted molar refractivity (Wildman–Crippen MR) is 73.5 cm³/mol. The van der Waals surface area contributed by atoms with Crippen LogP contribution in [-0.2, 0) is 4.74 Å². The SMILES string of the molecule is Cc1ncsc1-c1nc(C2CCOCC2)cc(=O)[nH]1. The average molecular weight is 277 g/mol. The van der Waals surface area contributed by atoms with Crippen molar-refractivity contribution in [3.05, 3.63) is 33.3 Å². The zero-order chi connectivity index (χ0) is 13.2. The second-order valence-electron chi connectivity index (χ2n) is 4.67. The Kier molecular flexibility index (Phi) is 3.44. The Balaban J connectivity index is 2.01. The summed E-state index contributed by atoms with van der Waals surface area (Å²) in [5, 5.41) is 0. The summed E-state index contributed by atoms with van der Waals surface area (Å²) < 4.78 is 5.35. The number of rotatable bonds is 2. The van der Waals surface area contributed by atoms with Crippen LogP contribution < -0.4 is 5.56 Å². The third kappa shape index (κ3) is 2.59. The predicted octanol–water partition coefficient (Wildman–Crippen LogP) is 2.10. The average Bonchev–Trinajstić information content (AvgIpc) is 2.85. The van der Waals surface area contributed by atoms with E-state index in [0.29, 0.717) is 11.7 Å². The molecule has 6 heteroatoms. The Hall–Kier alpha value is -1.53. The number of thiazole rings is 1. The summed E-state index contributed by atoms with van der Waals surface area (Å²) in [5.41, 5.74) is 3.44. The van der Waals surface area contributed by atoms with E-state index in [9.17, 15) is 4.79 Å². The van der Waals surface area contributed by atoms with Crippen LogP contribution in [0.15, 0.2) is 16.4 Å². The van der Waals surface area contributed by atoms with E-state index in [-0.39, 0.29) is 5.56 Å². The maximum Gasteiger partial charge on any atom is 0.251 e. The molecule has 1 N–H and O–H groups in total. The van der Waals surface area contributed by atoms with E-state index in [1.807, 2.05) is 6.92 Å². The molecule has 0 saturated carbocycles. The molecular formula is C13H15N3O2S. The molecule has 0 spiro atoms. The maximum absolute atomic E-state index is 11.8. The normalized spacial score (nSPS) is 16.7. The smallest absolute Gasteiger partial charge is 0.251 e. The summed E-state index contributed by atoms with van der Waals surface area (Å²) in [4.78, 5) is 24.4. The van der Waals surface area contributed by atoms with Crippen molar-refractivity contribution in [3.8, 4) is 10.7 Å². The molecule has 3 heterocycles. The van der Waals surface area contributed by atoms with Gasteiger partial charge in [-0.15, -0.1) is 11.3 Å². The first-order valence-electron chi connectivity index (χ1n) is 6.33. The third-order valence-corrected chi connectivity index (χ3v) is 4.30. The van der Waals surface area contributed by atoms with Crippen molar-refractivity contribution in [2.24, 2.45) is 0 Å². The van der Waals surface area contributed by atoms with Gasteiger partial charge in [-0.1, -0.05) is 0 Å². The molecular weight excluding hydrogens is 262 g/mol. The van der Waals surface area contributed by atoms with Crippen LogP contribution >= 0.6 is 11.3 Å². The quantitative estimate of drug-likeness (QED) is 0.912. The van der Waals surface area contributed by atoms with E-state index < -0.39 is 0 Å². The summed E-state index contributed by atoms with van der Waals surface area (Å²) in [6.45, 7) is 3.41. The van der Waals surface area contributed by atoms with Gasteiger partial charge < -0.3 is 9.72 Å². The molecule has 2 aromatic heterocycles. The van der Waals surface area contributed by atoms with Crippen LogP contribution in [0.4, 0.5) is 0 Å². The zero-order valence-corrected chi connectivity index (χ0v) is 11.5. The first-order valence-corrected chi connectivity index (χ1v) is 7.21. The van der Waals surface area contributed by atoms with E-state index in [4.69, 9.17) is 4.74 Å². The molecule has 0 bridgehead atoms. The van der Waals surface area contributed by atoms with Crippen molar-refractivity contribution in [2.75, 3.05) is 13.2 Å². The molecule has 2 aromatic rings. The highest BCUT2D eigenvalue weighted by Crippen LogP contribution is 2.27. The van der Waals surface area contributed by atoms with Gasteiger partial charge in [0.15, 0.2) is 5.82 Å². The second kappa shape index (κ2) is 5.22. The van der Waals surface area contributed by atoms with E-state index in [1.165, 1.54) is 11.3 Å². The number of hydrogen-bond acceptors (Lipinski definition) is 5. The molecule has 19 heavy (non-hydrogen) atoms. The minimum Gasteiger partial charge on any atom is -0.381 e. The molecule has 0 radical (unpaired) electrons. The largest absolute Gasteiger partial charge is 0.381 e. The fraction of sp³-hybridized carbons (Fsp3) is 0.462. The molecule has 100 valence electrons. The van der Waals surface area contributed by atoms with Crippen molar-refractivity contribution in [2.45, 2.75) is 25.7 Å². The molecule has 0 atom stereocenters. The maximum atomic E-state index is 11.8. The van der Waals surface area contributed by atoms with Gasteiger partial charge in [0, 0.05) is 25.2 Å². The number of H-pyrrole nitrogens is 1. The molecule has 1 saturated heterocycles. The minimum absolute atomic E-state index is 0.0979. The van der Waals surface area contributed by atoms with E-state index >= 15 is 0 Å². The van der Waals surface area contributed by atoms with Crippen LogP contribution in [0.25, 0.3) is 10.7 Å². The summed E-state index contributed by atoms with van der Waals surface area (Å²) in [6, 6.07) is 1.61. The van der Waals surface area contributed by atoms with Crippen LogP contribution in [0.1, 0.15) is 30.1 Å². The van der Waals surface area contributed by atoms with Gasteiger partial charge in [0.2, 0.25) is 0 Å². The minimum atomic E-state index is -0.0979. The monoisotopic (exact) mass is 277 g/mol. The van der Waals surface area contributed by atoms with Gasteiger partial charge in [-0.3, -0.25) is 4.79 Å². The van der Waals surface area contributed by atoms with E-state index in [1.54, 1.807) is 11.6 Å². The van der Waals surface area contributed by atoms with Gasteiger partial charge in [0.1, 0.15) is 0 Å². The third-order valence-electron chi connectivity index (χ3n) is 3.36. The van der Waals surface area contributed by atoms with Gasteiger partial charge in [0.25, 0.3) is 5.56 Å². The Morgan fingerprint density at radius 3 is 2.89 bits per heavy atom. The lowest BCUT2D eigenvalue weighted by molar-refractivity contribution is 0.0845. The topological polar surface area (TPSA) is 67.9 Å². The fourth-order valence-electron chi connectivity index (χ4n) is 2.32. The van der Waals surface area contributed by atoms with Gasteiger partial charge >= 0.3 is 0 Å². The lowest BCUT2D eigenvalue weighted by atomic mass is 9.96. The molecule has 0 aromatic carbocycles. The molecule has 3 rings (SSSR count). The van der Waals surface area contributed by atoms with E-state index in [0.717, 1.165) is 42.3 Å². The second-order valence-corrected chi connectivity index (χ2v) is 5.53. The molecule has 1 aliphatic rings. The first kappa shape index (κ1) is 12.5. The lowest BCUT2D eigenvalue weighted by Crippen LogP contribution is -2.18. The molecule has 0 aliphatic carbocycles. The van der Waals surface area contributed by atoms with Gasteiger partial charge in [0.05, 0.1) is 21.8 Å². The van der Waals surface area contributed by atoms with Gasteiger partial charge in [-0.2, -0.15) is 0 Å². The molecule has 0 unspecified atom stereocenters. The molecule has 5 nitrogen and oxygen atoms in total. The molecule has 1 fully saturated rings. The van der Waals surface area contributed by atoms with Crippen LogP contribution in [-0.4, -0.2) is 28.2 Å². The highest BCUT2D eigenvalue weighted by Gasteiger charge is 2.19. The zero-order valence-electron chi connectivity index (χ0n) is 10.7. The Morgan fingerprint density at radius 2 is 2.21 bits per heavy atom. The lowest BCUT2D eigenvalue weighted by Gasteiger charge is -2.21. The number of aromatic amines is 1. The number of ether oxygens (including phenoxy) is 1. The van der Waals surface area contributed by atoms with Crippen LogP contribution in [0.2, 0.25) is 0 Å². The van der Waals surface area contributed by atoms with Crippen molar-refractivity contribution >= 4 is 11.3 Å². The highest BCUT2D eigenvalue weighted by molar-refractivity contribution is 7.13. The van der Waals surface area contributed by atoms with Crippen LogP contribution in [0.3, 0.4) is 0 Å². The first-order chi connectivity index (χ1) is 9.24. The summed E-state index contributed by atoms with van der Waals surface area (Å²) >= 11 is 1.50. The number of hydrogen-bond donors (Lipinski definition) is 1. The van der Waals surface area contributed by atoms with Crippen molar-refractivity contribution < 1.29 is 4.74 Å². The standard InChI is InChI=1S/C13H15N3O2S/c1-8-12(19-7-14-8)13-15-10(6-11(17)16-13)9-2-4-18-5-3-9/h6-7,9H,2-5H2,1H3,(H,15,16,17). The summed E-state index contributed by atoms with van der Waals surface area (Å²) in [5.74, 6) is 0.956. The van der Waals surface area contributed by atoms with Gasteiger partial charge in [-0.05, 0) is 19.8 Å². The Labute approximate surface area is 114 Å². The van der Waals surface area contributed by atoms with Crippen LogP contribution in [0.5, 0.6) is 0 Å². The van der Waals surface area contributed by atoms with Gasteiger partial charge in [-0.25, -0.2) is 9.97 Å². The summed E-state index contributed by atoms with van der Waals surface area (Å²) in [7, 11) is 0. The van der Waals surface area contributed by atoms with Crippen LogP contribution in [0, 0.1) is 6.92 Å². The Morgan fingerprint density at radius 1 is 1.42 bits per heavy atom. The molecule has 1 aliphatic heterocycles. The number of nitrogens with zero attached hydrogens (tertiary/aromatic N) is 2. The summed E-state index contributed by atoms with van der Waals surface area (Å²) in [6.07, 6.45) is 1.86. The number of nitrogens with one attached hydrogen (secondary N) is 1. The van der Waals surface area contributed by atoms with Crippen molar-refractivity contribution in [3.63, 3.8) is 0 Å². The fourth-order valence-corrected chi connectivity index (χ4v) is 3.06. The number of aryl methyl sites for hydroxylation is 1. The van der Waals surface area contributed by atoms with E-state index in [2.05, 4.69) is 15.0 Å². The Bertz CT molecular complexity index is 629. The van der Waals surface area contributed by atoms with Crippen molar-refractivity contribution in [1.82, 2.24) is 15.0 Å². The van der Waals surface area contributed by atoms with Crippen molar-refractivity contribution in [1.29, 1.82) is 0 Å².